The van der Waals surface area contributed by atoms with Crippen LogP contribution in [-0.4, -0.2) is 15.8 Å². The van der Waals surface area contributed by atoms with Gasteiger partial charge in [-0.3, -0.25) is 14.6 Å². The van der Waals surface area contributed by atoms with E-state index in [0.717, 1.165) is 0 Å². The Bertz CT molecular complexity index is 652. The Hall–Kier alpha value is -2.17. The van der Waals surface area contributed by atoms with Crippen molar-refractivity contribution in [1.29, 1.82) is 0 Å². The van der Waals surface area contributed by atoms with Gasteiger partial charge in [-0.05, 0) is 25.1 Å². The number of ketones is 1. The number of carbonyl (C=O) groups is 1. The third-order valence-electron chi connectivity index (χ3n) is 2.15. The minimum atomic E-state index is -0.553. The first kappa shape index (κ1) is 9.39. The number of aromatic nitrogens is 2. The average Bonchev–Trinajstić information content (AvgIpc) is 2.16. The molecule has 2 N–H and O–H groups in total. The molecule has 2 aromatic rings. The van der Waals surface area contributed by atoms with Crippen molar-refractivity contribution < 1.29 is 4.79 Å². The molecule has 0 radical (unpaired) electrons. The molecular weight excluding hydrogens is 196 g/mol. The summed E-state index contributed by atoms with van der Waals surface area (Å²) >= 11 is 0. The van der Waals surface area contributed by atoms with Gasteiger partial charge in [0, 0.05) is 5.56 Å². The predicted molar refractivity (Wildman–Crippen MR) is 55.2 cm³/mol. The standard InChI is InChI=1S/C10H8N2O3/c1-5(13)6-2-3-8-7(4-6)9(14)12-10(15)11-8/h2-4H,1H3,(H2,11,12,14,15). The van der Waals surface area contributed by atoms with E-state index in [0.29, 0.717) is 16.5 Å². The van der Waals surface area contributed by atoms with Crippen LogP contribution in [0.2, 0.25) is 0 Å². The molecule has 5 nitrogen and oxygen atoms in total. The van der Waals surface area contributed by atoms with E-state index in [2.05, 4.69) is 9.97 Å². The van der Waals surface area contributed by atoms with Gasteiger partial charge in [-0.25, -0.2) is 4.79 Å². The molecule has 1 aromatic heterocycles. The monoisotopic (exact) mass is 204 g/mol. The largest absolute Gasteiger partial charge is 0.326 e. The van der Waals surface area contributed by atoms with Crippen molar-refractivity contribution in [2.24, 2.45) is 0 Å². The number of Topliss-reactive ketones (excluding diaryl/α,β-unsaturated/α-hetero) is 1. The Balaban J connectivity index is 2.89. The minimum absolute atomic E-state index is 0.123. The van der Waals surface area contributed by atoms with Crippen LogP contribution < -0.4 is 11.2 Å². The average molecular weight is 204 g/mol. The highest BCUT2D eigenvalue weighted by atomic mass is 16.2. The molecule has 0 spiro atoms. The zero-order chi connectivity index (χ0) is 11.0. The predicted octanol–water partition coefficient (Wildman–Crippen LogP) is 0.419. The molecule has 0 atom stereocenters. The molecule has 0 unspecified atom stereocenters. The fraction of sp³-hybridized carbons (Fsp3) is 0.100. The summed E-state index contributed by atoms with van der Waals surface area (Å²) in [5, 5.41) is 0.308. The molecule has 76 valence electrons. The van der Waals surface area contributed by atoms with E-state index < -0.39 is 11.2 Å². The molecule has 0 aliphatic rings. The summed E-state index contributed by atoms with van der Waals surface area (Å²) < 4.78 is 0. The van der Waals surface area contributed by atoms with Gasteiger partial charge in [0.25, 0.3) is 5.56 Å². The molecule has 2 rings (SSSR count). The number of H-pyrrole nitrogens is 2. The SMILES string of the molecule is CC(=O)c1ccc2[nH]c(=O)[nH]c(=O)c2c1. The molecule has 0 saturated heterocycles. The minimum Gasteiger partial charge on any atom is -0.307 e. The van der Waals surface area contributed by atoms with Crippen LogP contribution in [0.3, 0.4) is 0 Å². The topological polar surface area (TPSA) is 82.8 Å². The summed E-state index contributed by atoms with van der Waals surface area (Å²) in [4.78, 5) is 38.0. The van der Waals surface area contributed by atoms with Crippen molar-refractivity contribution in [2.45, 2.75) is 6.92 Å². The second-order valence-corrected chi connectivity index (χ2v) is 3.22. The lowest BCUT2D eigenvalue weighted by molar-refractivity contribution is 0.101. The van der Waals surface area contributed by atoms with Crippen LogP contribution in [0.1, 0.15) is 17.3 Å². The molecule has 5 heteroatoms. The Labute approximate surface area is 83.8 Å². The summed E-state index contributed by atoms with van der Waals surface area (Å²) in [7, 11) is 0. The molecular formula is C10H8N2O3. The molecule has 0 saturated carbocycles. The number of nitrogens with one attached hydrogen (secondary N) is 2. The summed E-state index contributed by atoms with van der Waals surface area (Å²) in [6, 6.07) is 4.58. The van der Waals surface area contributed by atoms with Crippen LogP contribution >= 0.6 is 0 Å². The molecule has 0 fully saturated rings. The Morgan fingerprint density at radius 1 is 1.20 bits per heavy atom. The Kier molecular flexibility index (Phi) is 2.00. The van der Waals surface area contributed by atoms with Gasteiger partial charge in [-0.1, -0.05) is 0 Å². The van der Waals surface area contributed by atoms with Gasteiger partial charge in [0.15, 0.2) is 5.78 Å². The van der Waals surface area contributed by atoms with Gasteiger partial charge in [-0.15, -0.1) is 0 Å². The van der Waals surface area contributed by atoms with Gasteiger partial charge in [-0.2, -0.15) is 0 Å². The summed E-state index contributed by atoms with van der Waals surface area (Å²) in [5.74, 6) is -0.123. The lowest BCUT2D eigenvalue weighted by Gasteiger charge is -1.98. The highest BCUT2D eigenvalue weighted by Gasteiger charge is 2.04. The van der Waals surface area contributed by atoms with Crippen molar-refractivity contribution >= 4 is 16.7 Å². The zero-order valence-corrected chi connectivity index (χ0v) is 7.96. The molecule has 0 aliphatic carbocycles. The Morgan fingerprint density at radius 3 is 2.60 bits per heavy atom. The number of rotatable bonds is 1. The van der Waals surface area contributed by atoms with E-state index in [1.807, 2.05) is 0 Å². The zero-order valence-electron chi connectivity index (χ0n) is 7.96. The smallest absolute Gasteiger partial charge is 0.307 e. The fourth-order valence-electron chi connectivity index (χ4n) is 1.38. The van der Waals surface area contributed by atoms with Crippen LogP contribution in [0, 0.1) is 0 Å². The first-order chi connectivity index (χ1) is 7.08. The highest BCUT2D eigenvalue weighted by molar-refractivity contribution is 5.97. The number of hydrogen-bond acceptors (Lipinski definition) is 3. The van der Waals surface area contributed by atoms with Crippen LogP contribution in [-0.2, 0) is 0 Å². The van der Waals surface area contributed by atoms with E-state index in [4.69, 9.17) is 0 Å². The maximum Gasteiger partial charge on any atom is 0.326 e. The molecule has 0 amide bonds. The van der Waals surface area contributed by atoms with Crippen LogP contribution in [0.5, 0.6) is 0 Å². The molecule has 0 bridgehead atoms. The van der Waals surface area contributed by atoms with Crippen LogP contribution in [0.25, 0.3) is 10.9 Å². The lowest BCUT2D eigenvalue weighted by Crippen LogP contribution is -2.21. The molecule has 15 heavy (non-hydrogen) atoms. The molecule has 1 heterocycles. The quantitative estimate of drug-likeness (QED) is 0.660. The van der Waals surface area contributed by atoms with Gasteiger partial charge >= 0.3 is 5.69 Å². The number of carbonyl (C=O) groups excluding carboxylic acids is 1. The second-order valence-electron chi connectivity index (χ2n) is 3.22. The van der Waals surface area contributed by atoms with Crippen LogP contribution in [0.15, 0.2) is 27.8 Å². The second kappa shape index (κ2) is 3.20. The number of hydrogen-bond donors (Lipinski definition) is 2. The van der Waals surface area contributed by atoms with Crippen molar-refractivity contribution in [3.05, 3.63) is 44.6 Å². The van der Waals surface area contributed by atoms with E-state index in [-0.39, 0.29) is 5.78 Å². The Morgan fingerprint density at radius 2 is 1.93 bits per heavy atom. The first-order valence-electron chi connectivity index (χ1n) is 4.35. The third-order valence-corrected chi connectivity index (χ3v) is 2.15. The number of fused-ring (bicyclic) bond motifs is 1. The van der Waals surface area contributed by atoms with E-state index in [1.54, 1.807) is 12.1 Å². The van der Waals surface area contributed by atoms with Gasteiger partial charge in [0.2, 0.25) is 0 Å². The van der Waals surface area contributed by atoms with Crippen molar-refractivity contribution in [3.8, 4) is 0 Å². The van der Waals surface area contributed by atoms with Crippen molar-refractivity contribution in [1.82, 2.24) is 9.97 Å². The van der Waals surface area contributed by atoms with E-state index in [9.17, 15) is 14.4 Å². The number of benzene rings is 1. The first-order valence-corrected chi connectivity index (χ1v) is 4.35. The molecule has 0 aliphatic heterocycles. The maximum atomic E-state index is 11.4. The van der Waals surface area contributed by atoms with Crippen LogP contribution in [0.4, 0.5) is 0 Å². The molecule has 1 aromatic carbocycles. The van der Waals surface area contributed by atoms with Gasteiger partial charge in [0.1, 0.15) is 0 Å². The lowest BCUT2D eigenvalue weighted by atomic mass is 10.1. The maximum absolute atomic E-state index is 11.4. The van der Waals surface area contributed by atoms with Crippen molar-refractivity contribution in [3.63, 3.8) is 0 Å². The highest BCUT2D eigenvalue weighted by Crippen LogP contribution is 2.08. The normalized spacial score (nSPS) is 10.5. The van der Waals surface area contributed by atoms with E-state index >= 15 is 0 Å². The van der Waals surface area contributed by atoms with Gasteiger partial charge < -0.3 is 4.98 Å². The fourth-order valence-corrected chi connectivity index (χ4v) is 1.38. The number of aromatic amines is 2. The summed E-state index contributed by atoms with van der Waals surface area (Å²) in [6.45, 7) is 1.42. The van der Waals surface area contributed by atoms with Crippen molar-refractivity contribution in [2.75, 3.05) is 0 Å². The van der Waals surface area contributed by atoms with Gasteiger partial charge in [0.05, 0.1) is 10.9 Å². The third kappa shape index (κ3) is 1.59. The summed E-state index contributed by atoms with van der Waals surface area (Å²) in [6.07, 6.45) is 0. The summed E-state index contributed by atoms with van der Waals surface area (Å²) in [5.41, 5.74) is -0.172. The van der Waals surface area contributed by atoms with E-state index in [1.165, 1.54) is 13.0 Å².